The average molecular weight is 352 g/mol. The number of hydrogen-bond donors (Lipinski definition) is 0. The van der Waals surface area contributed by atoms with Gasteiger partial charge in [-0.3, -0.25) is 4.79 Å². The molecule has 1 atom stereocenters. The Labute approximate surface area is 154 Å². The summed E-state index contributed by atoms with van der Waals surface area (Å²) in [6.45, 7) is 2.76. The van der Waals surface area contributed by atoms with Crippen LogP contribution in [0.5, 0.6) is 0 Å². The second-order valence-corrected chi connectivity index (χ2v) is 6.18. The molecule has 0 amide bonds. The van der Waals surface area contributed by atoms with Crippen LogP contribution < -0.4 is 0 Å². The number of Topliss-reactive ketones (excluding diaryl/α,β-unsaturated/α-hetero) is 1. The summed E-state index contributed by atoms with van der Waals surface area (Å²) in [6, 6.07) is 0. The smallest absolute Gasteiger partial charge is 0.189 e. The number of allylic oxidation sites excluding steroid dienone is 10. The topological polar surface area (TPSA) is 44.8 Å². The number of rotatable bonds is 4. The highest BCUT2D eigenvalue weighted by Crippen LogP contribution is 2.28. The van der Waals surface area contributed by atoms with Gasteiger partial charge in [-0.05, 0) is 42.2 Å². The van der Waals surface area contributed by atoms with Gasteiger partial charge in [0.2, 0.25) is 0 Å². The van der Waals surface area contributed by atoms with E-state index in [2.05, 4.69) is 13.0 Å². The molecule has 136 valence electrons. The van der Waals surface area contributed by atoms with E-state index in [1.807, 2.05) is 48.6 Å². The Hall–Kier alpha value is -2.59. The van der Waals surface area contributed by atoms with Gasteiger partial charge < -0.3 is 14.2 Å². The summed E-state index contributed by atoms with van der Waals surface area (Å²) in [4.78, 5) is 12.8. The summed E-state index contributed by atoms with van der Waals surface area (Å²) in [7, 11) is 0. The largest absolute Gasteiger partial charge is 0.497 e. The summed E-state index contributed by atoms with van der Waals surface area (Å²) >= 11 is 0. The monoisotopic (exact) mass is 352 g/mol. The van der Waals surface area contributed by atoms with Gasteiger partial charge in [0.1, 0.15) is 18.5 Å². The summed E-state index contributed by atoms with van der Waals surface area (Å²) in [5.41, 5.74) is 2.59. The van der Waals surface area contributed by atoms with E-state index >= 15 is 0 Å². The maximum absolute atomic E-state index is 12.8. The van der Waals surface area contributed by atoms with Gasteiger partial charge in [0.25, 0.3) is 0 Å². The first-order chi connectivity index (χ1) is 12.8. The zero-order chi connectivity index (χ0) is 18.2. The number of carbonyl (C=O) groups is 1. The Kier molecular flexibility index (Phi) is 6.45. The molecule has 3 aliphatic rings. The third-order valence-corrected chi connectivity index (χ3v) is 4.27. The Balaban J connectivity index is 1.81. The van der Waals surface area contributed by atoms with Gasteiger partial charge in [0, 0.05) is 12.0 Å². The van der Waals surface area contributed by atoms with Crippen LogP contribution >= 0.6 is 0 Å². The van der Waals surface area contributed by atoms with Crippen molar-refractivity contribution in [1.82, 2.24) is 0 Å². The molecule has 0 radical (unpaired) electrons. The van der Waals surface area contributed by atoms with Gasteiger partial charge in [-0.2, -0.15) is 0 Å². The SMILES string of the molecule is CC/C=C\C=C/C/C1=C/OC/C=C\C2=C(C=C3OCOC3C=C2)CC1=O. The molecule has 1 saturated heterocycles. The van der Waals surface area contributed by atoms with E-state index < -0.39 is 0 Å². The van der Waals surface area contributed by atoms with E-state index in [1.165, 1.54) is 0 Å². The predicted octanol–water partition coefficient (Wildman–Crippen LogP) is 4.45. The van der Waals surface area contributed by atoms with Crippen LogP contribution in [0.25, 0.3) is 0 Å². The lowest BCUT2D eigenvalue weighted by atomic mass is 9.97. The highest BCUT2D eigenvalue weighted by Gasteiger charge is 2.24. The predicted molar refractivity (Wildman–Crippen MR) is 101 cm³/mol. The Morgan fingerprint density at radius 1 is 1.23 bits per heavy atom. The summed E-state index contributed by atoms with van der Waals surface area (Å²) in [5.74, 6) is 0.815. The van der Waals surface area contributed by atoms with E-state index in [-0.39, 0.29) is 18.7 Å². The van der Waals surface area contributed by atoms with Crippen LogP contribution in [-0.2, 0) is 19.0 Å². The van der Waals surface area contributed by atoms with E-state index in [1.54, 1.807) is 6.26 Å². The van der Waals surface area contributed by atoms with Gasteiger partial charge >= 0.3 is 0 Å². The van der Waals surface area contributed by atoms with Crippen LogP contribution in [0.3, 0.4) is 0 Å². The van der Waals surface area contributed by atoms with Gasteiger partial charge in [-0.25, -0.2) is 0 Å². The fourth-order valence-electron chi connectivity index (χ4n) is 2.86. The molecule has 0 aromatic carbocycles. The molecule has 0 bridgehead atoms. The van der Waals surface area contributed by atoms with Crippen LogP contribution in [0.1, 0.15) is 26.2 Å². The highest BCUT2D eigenvalue weighted by molar-refractivity contribution is 5.97. The zero-order valence-electron chi connectivity index (χ0n) is 15.0. The minimum atomic E-state index is -0.171. The van der Waals surface area contributed by atoms with Gasteiger partial charge in [-0.15, -0.1) is 0 Å². The molecule has 1 fully saturated rings. The summed E-state index contributed by atoms with van der Waals surface area (Å²) in [6.07, 6.45) is 21.1. The number of hydrogen-bond acceptors (Lipinski definition) is 4. The van der Waals surface area contributed by atoms with Crippen molar-refractivity contribution in [3.63, 3.8) is 0 Å². The molecule has 0 aromatic heterocycles. The Bertz CT molecular complexity index is 744. The lowest BCUT2D eigenvalue weighted by molar-refractivity contribution is -0.115. The number of fused-ring (bicyclic) bond motifs is 1. The standard InChI is InChI=1S/C22H24O4/c1-2-3-4-5-6-8-18-15-24-12-7-9-17-10-11-21-22(26-16-25-21)14-19(17)13-20(18)23/h3-7,9-11,14-15,21H,2,8,12-13,16H2,1H3/b4-3-,6-5-,9-7-,18-15-. The molecule has 4 nitrogen and oxygen atoms in total. The fraction of sp³-hybridized carbons (Fsp3) is 0.318. The molecule has 1 unspecified atom stereocenters. The Morgan fingerprint density at radius 3 is 3.00 bits per heavy atom. The van der Waals surface area contributed by atoms with Crippen LogP contribution in [0.15, 0.2) is 83.4 Å². The summed E-state index contributed by atoms with van der Waals surface area (Å²) in [5, 5.41) is 0. The van der Waals surface area contributed by atoms with Crippen molar-refractivity contribution in [2.24, 2.45) is 0 Å². The second-order valence-electron chi connectivity index (χ2n) is 6.18. The van der Waals surface area contributed by atoms with Crippen molar-refractivity contribution in [3.8, 4) is 0 Å². The lowest BCUT2D eigenvalue weighted by Crippen LogP contribution is -2.07. The van der Waals surface area contributed by atoms with Crippen molar-refractivity contribution >= 4 is 5.78 Å². The van der Waals surface area contributed by atoms with Crippen molar-refractivity contribution in [2.45, 2.75) is 32.3 Å². The van der Waals surface area contributed by atoms with Gasteiger partial charge in [0.15, 0.2) is 12.6 Å². The second kappa shape index (κ2) is 9.20. The van der Waals surface area contributed by atoms with Crippen LogP contribution in [0.2, 0.25) is 0 Å². The van der Waals surface area contributed by atoms with Crippen LogP contribution in [-0.4, -0.2) is 25.3 Å². The van der Waals surface area contributed by atoms with Crippen LogP contribution in [0, 0.1) is 0 Å². The van der Waals surface area contributed by atoms with E-state index in [4.69, 9.17) is 14.2 Å². The minimum Gasteiger partial charge on any atom is -0.497 e. The third kappa shape index (κ3) is 4.73. The number of carbonyl (C=O) groups excluding carboxylic acids is 1. The molecule has 0 aromatic rings. The molecule has 1 aliphatic carbocycles. The molecule has 0 N–H and O–H groups in total. The van der Waals surface area contributed by atoms with Crippen molar-refractivity contribution in [2.75, 3.05) is 13.4 Å². The molecule has 2 heterocycles. The average Bonchev–Trinajstić information content (AvgIpc) is 3.01. The summed E-state index contributed by atoms with van der Waals surface area (Å²) < 4.78 is 16.6. The quantitative estimate of drug-likeness (QED) is 0.701. The van der Waals surface area contributed by atoms with E-state index in [9.17, 15) is 4.79 Å². The number of ketones is 1. The molecule has 0 spiro atoms. The van der Waals surface area contributed by atoms with Crippen LogP contribution in [0.4, 0.5) is 0 Å². The van der Waals surface area contributed by atoms with E-state index in [0.29, 0.717) is 25.0 Å². The molecule has 4 heteroatoms. The van der Waals surface area contributed by atoms with Crippen molar-refractivity contribution in [3.05, 3.63) is 83.4 Å². The first kappa shape index (κ1) is 18.2. The fourth-order valence-corrected chi connectivity index (χ4v) is 2.86. The zero-order valence-corrected chi connectivity index (χ0v) is 15.0. The van der Waals surface area contributed by atoms with Crippen molar-refractivity contribution in [1.29, 1.82) is 0 Å². The highest BCUT2D eigenvalue weighted by atomic mass is 16.7. The van der Waals surface area contributed by atoms with Gasteiger partial charge in [0.05, 0.1) is 6.26 Å². The maximum Gasteiger partial charge on any atom is 0.189 e. The van der Waals surface area contributed by atoms with E-state index in [0.717, 1.165) is 23.3 Å². The van der Waals surface area contributed by atoms with Gasteiger partial charge in [-0.1, -0.05) is 43.4 Å². The first-order valence-corrected chi connectivity index (χ1v) is 8.97. The molecule has 2 aliphatic heterocycles. The minimum absolute atomic E-state index is 0.0551. The molecule has 0 saturated carbocycles. The normalized spacial score (nSPS) is 26.5. The number of ether oxygens (including phenoxy) is 3. The van der Waals surface area contributed by atoms with Crippen molar-refractivity contribution < 1.29 is 19.0 Å². The maximum atomic E-state index is 12.8. The molecular weight excluding hydrogens is 328 g/mol. The lowest BCUT2D eigenvalue weighted by Gasteiger charge is -2.10. The molecule has 3 rings (SSSR count). The molecule has 26 heavy (non-hydrogen) atoms. The first-order valence-electron chi connectivity index (χ1n) is 8.97. The third-order valence-electron chi connectivity index (χ3n) is 4.27. The Morgan fingerprint density at radius 2 is 2.12 bits per heavy atom. The molecular formula is C22H24O4.